The highest BCUT2D eigenvalue weighted by Gasteiger charge is 2.35. The first-order valence-corrected chi connectivity index (χ1v) is 13.7. The van der Waals surface area contributed by atoms with Gasteiger partial charge in [-0.05, 0) is 63.2 Å². The molecular weight excluding hydrogens is 531 g/mol. The van der Waals surface area contributed by atoms with Crippen molar-refractivity contribution in [2.45, 2.75) is 37.9 Å². The Labute approximate surface area is 230 Å². The van der Waals surface area contributed by atoms with E-state index in [1.165, 1.54) is 12.4 Å². The fourth-order valence-corrected chi connectivity index (χ4v) is 5.52. The Bertz CT molecular complexity index is 1290. The molecule has 1 atom stereocenters. The molecule has 0 spiro atoms. The minimum Gasteiger partial charge on any atom is -0.355 e. The third-order valence-electron chi connectivity index (χ3n) is 7.29. The summed E-state index contributed by atoms with van der Waals surface area (Å²) in [7, 11) is 0. The summed E-state index contributed by atoms with van der Waals surface area (Å²) < 4.78 is 39.0. The Balaban J connectivity index is 1.37. The van der Waals surface area contributed by atoms with Crippen LogP contribution in [0.2, 0.25) is 5.02 Å². The number of pyridine rings is 1. The molecule has 2 aliphatic rings. The van der Waals surface area contributed by atoms with Gasteiger partial charge < -0.3 is 15.5 Å². The maximum atomic E-state index is 13.5. The number of hydrogen-bond donors (Lipinski definition) is 2. The van der Waals surface area contributed by atoms with Crippen LogP contribution in [0.15, 0.2) is 36.7 Å². The van der Waals surface area contributed by atoms with Crippen molar-refractivity contribution in [3.8, 4) is 0 Å². The van der Waals surface area contributed by atoms with Gasteiger partial charge in [0.2, 0.25) is 5.82 Å². The van der Waals surface area contributed by atoms with Crippen molar-refractivity contribution in [2.75, 3.05) is 50.7 Å². The number of anilines is 1. The van der Waals surface area contributed by atoms with Crippen LogP contribution >= 0.6 is 11.6 Å². The Kier molecular flexibility index (Phi) is 8.49. The van der Waals surface area contributed by atoms with Crippen LogP contribution in [0, 0.1) is 0 Å². The van der Waals surface area contributed by atoms with Crippen molar-refractivity contribution >= 4 is 34.2 Å². The molecule has 208 valence electrons. The monoisotopic (exact) mass is 561 g/mol. The van der Waals surface area contributed by atoms with E-state index in [9.17, 15) is 18.0 Å². The van der Waals surface area contributed by atoms with Gasteiger partial charge in [0.05, 0.1) is 22.1 Å². The van der Waals surface area contributed by atoms with Crippen LogP contribution in [0.1, 0.15) is 53.5 Å². The van der Waals surface area contributed by atoms with Crippen LogP contribution in [0.4, 0.5) is 19.0 Å². The van der Waals surface area contributed by atoms with Gasteiger partial charge in [0, 0.05) is 49.5 Å². The number of hydrogen-bond acceptors (Lipinski definition) is 7. The summed E-state index contributed by atoms with van der Waals surface area (Å²) in [5.74, 6) is -0.695. The van der Waals surface area contributed by atoms with E-state index >= 15 is 0 Å². The minimum absolute atomic E-state index is 0.173. The van der Waals surface area contributed by atoms with Gasteiger partial charge in [-0.2, -0.15) is 13.2 Å². The molecule has 2 N–H and O–H groups in total. The quantitative estimate of drug-likeness (QED) is 0.460. The van der Waals surface area contributed by atoms with Crippen LogP contribution in [0.25, 0.3) is 10.9 Å². The number of fused-ring (bicyclic) bond motifs is 1. The molecule has 1 aromatic carbocycles. The van der Waals surface area contributed by atoms with Crippen molar-refractivity contribution in [1.29, 1.82) is 0 Å². The molecule has 1 unspecified atom stereocenters. The predicted octanol–water partition coefficient (Wildman–Crippen LogP) is 4.45. The molecule has 5 rings (SSSR count). The lowest BCUT2D eigenvalue weighted by Crippen LogP contribution is -2.41. The highest BCUT2D eigenvalue weighted by Crippen LogP contribution is 2.30. The Morgan fingerprint density at radius 1 is 1.00 bits per heavy atom. The van der Waals surface area contributed by atoms with E-state index in [0.29, 0.717) is 27.1 Å². The molecule has 39 heavy (non-hydrogen) atoms. The summed E-state index contributed by atoms with van der Waals surface area (Å²) in [6, 6.07) is 6.90. The molecule has 0 bridgehead atoms. The summed E-state index contributed by atoms with van der Waals surface area (Å²) in [6.07, 6.45) is 1.86. The van der Waals surface area contributed by atoms with E-state index in [-0.39, 0.29) is 18.5 Å². The maximum Gasteiger partial charge on any atom is 0.451 e. The molecule has 2 saturated heterocycles. The second-order valence-electron chi connectivity index (χ2n) is 9.91. The molecule has 3 aromatic rings. The van der Waals surface area contributed by atoms with Gasteiger partial charge in [-0.3, -0.25) is 9.69 Å². The van der Waals surface area contributed by atoms with Crippen molar-refractivity contribution < 1.29 is 18.0 Å². The molecule has 12 heteroatoms. The first-order valence-electron chi connectivity index (χ1n) is 13.3. The summed E-state index contributed by atoms with van der Waals surface area (Å²) in [6.45, 7) is 5.33. The van der Waals surface area contributed by atoms with E-state index in [0.717, 1.165) is 70.8 Å². The van der Waals surface area contributed by atoms with Gasteiger partial charge in [-0.1, -0.05) is 18.0 Å². The molecule has 1 amide bonds. The van der Waals surface area contributed by atoms with E-state index < -0.39 is 12.0 Å². The highest BCUT2D eigenvalue weighted by molar-refractivity contribution is 6.35. The average Bonchev–Trinajstić information content (AvgIpc) is 3.23. The molecule has 2 aliphatic heterocycles. The van der Waals surface area contributed by atoms with E-state index in [1.807, 2.05) is 18.2 Å². The number of aromatic nitrogens is 3. The number of nitrogens with one attached hydrogen (secondary N) is 2. The molecule has 4 heterocycles. The van der Waals surface area contributed by atoms with E-state index in [1.54, 1.807) is 6.07 Å². The number of piperidine rings is 1. The summed E-state index contributed by atoms with van der Waals surface area (Å²) in [5.41, 5.74) is 1.52. The standard InChI is InChI=1S/C27H31ClF3N7O/c28-20-6-7-21-19(5-8-23(36-21)38-13-4-9-32-10-14-38)24(20)25(39)33-17-22(37-11-2-1-3-12-37)18-15-34-26(35-16-18)27(29,30)31/h5-8,15-16,22,32H,1-4,9-14,17H2,(H,33,39). The van der Waals surface area contributed by atoms with Gasteiger partial charge in [-0.25, -0.2) is 15.0 Å². The second kappa shape index (κ2) is 12.0. The molecule has 8 nitrogen and oxygen atoms in total. The SMILES string of the molecule is O=C(NCC(c1cnc(C(F)(F)F)nc1)N1CCCCC1)c1c(Cl)ccc2nc(N3CCCNCC3)ccc12. The van der Waals surface area contributed by atoms with Crippen molar-refractivity contribution in [1.82, 2.24) is 30.5 Å². The number of alkyl halides is 3. The zero-order chi connectivity index (χ0) is 27.4. The van der Waals surface area contributed by atoms with E-state index in [4.69, 9.17) is 16.6 Å². The van der Waals surface area contributed by atoms with Crippen LogP contribution < -0.4 is 15.5 Å². The van der Waals surface area contributed by atoms with Crippen LogP contribution in [-0.4, -0.2) is 71.6 Å². The van der Waals surface area contributed by atoms with Gasteiger partial charge in [0.25, 0.3) is 5.91 Å². The Hall–Kier alpha value is -3.02. The van der Waals surface area contributed by atoms with Gasteiger partial charge in [0.15, 0.2) is 0 Å². The fraction of sp³-hybridized carbons (Fsp3) is 0.481. The number of halogens is 4. The molecular formula is C27H31ClF3N7O. The fourth-order valence-electron chi connectivity index (χ4n) is 5.27. The van der Waals surface area contributed by atoms with Gasteiger partial charge >= 0.3 is 6.18 Å². The van der Waals surface area contributed by atoms with Crippen LogP contribution in [0.5, 0.6) is 0 Å². The summed E-state index contributed by atoms with van der Waals surface area (Å²) in [4.78, 5) is 29.8. The van der Waals surface area contributed by atoms with Crippen molar-refractivity contribution in [3.63, 3.8) is 0 Å². The molecule has 2 aromatic heterocycles. The molecule has 2 fully saturated rings. The number of benzene rings is 1. The maximum absolute atomic E-state index is 13.5. The lowest BCUT2D eigenvalue weighted by atomic mass is 10.0. The molecule has 0 aliphatic carbocycles. The number of carbonyl (C=O) groups is 1. The van der Waals surface area contributed by atoms with E-state index in [2.05, 4.69) is 30.4 Å². The van der Waals surface area contributed by atoms with Gasteiger partial charge in [-0.15, -0.1) is 0 Å². The number of carbonyl (C=O) groups excluding carboxylic acids is 1. The first-order chi connectivity index (χ1) is 18.8. The number of rotatable bonds is 6. The molecule has 0 radical (unpaired) electrons. The Morgan fingerprint density at radius 3 is 2.51 bits per heavy atom. The number of nitrogens with zero attached hydrogens (tertiary/aromatic N) is 5. The Morgan fingerprint density at radius 2 is 1.77 bits per heavy atom. The number of likely N-dealkylation sites (tertiary alicyclic amines) is 1. The average molecular weight is 562 g/mol. The second-order valence-corrected chi connectivity index (χ2v) is 10.3. The lowest BCUT2D eigenvalue weighted by Gasteiger charge is -2.34. The van der Waals surface area contributed by atoms with Crippen molar-refractivity contribution in [3.05, 3.63) is 58.6 Å². The normalized spacial score (nSPS) is 18.1. The highest BCUT2D eigenvalue weighted by atomic mass is 35.5. The minimum atomic E-state index is -4.61. The zero-order valence-corrected chi connectivity index (χ0v) is 22.2. The van der Waals surface area contributed by atoms with Crippen LogP contribution in [0.3, 0.4) is 0 Å². The third kappa shape index (κ3) is 6.42. The zero-order valence-electron chi connectivity index (χ0n) is 21.5. The van der Waals surface area contributed by atoms with Crippen molar-refractivity contribution in [2.24, 2.45) is 0 Å². The third-order valence-corrected chi connectivity index (χ3v) is 7.61. The smallest absolute Gasteiger partial charge is 0.355 e. The van der Waals surface area contributed by atoms with Crippen LogP contribution in [-0.2, 0) is 6.18 Å². The predicted molar refractivity (Wildman–Crippen MR) is 144 cm³/mol. The summed E-state index contributed by atoms with van der Waals surface area (Å²) >= 11 is 6.51. The largest absolute Gasteiger partial charge is 0.451 e. The topological polar surface area (TPSA) is 86.3 Å². The number of amides is 1. The summed E-state index contributed by atoms with van der Waals surface area (Å²) in [5, 5.41) is 7.30. The van der Waals surface area contributed by atoms with Gasteiger partial charge in [0.1, 0.15) is 5.82 Å². The molecule has 0 saturated carbocycles. The first kappa shape index (κ1) is 27.5. The lowest BCUT2D eigenvalue weighted by molar-refractivity contribution is -0.145.